The quantitative estimate of drug-likeness (QED) is 0.0210. The Morgan fingerprint density at radius 2 is 0.754 bits per heavy atom. The van der Waals surface area contributed by atoms with E-state index in [2.05, 4.69) is 54.5 Å². The summed E-state index contributed by atoms with van der Waals surface area (Å²) in [5.74, 6) is -7.49. The smallest absolute Gasteiger partial charge is 0.338 e. The van der Waals surface area contributed by atoms with Gasteiger partial charge in [-0.25, -0.2) is 38.4 Å². The zero-order valence-corrected chi connectivity index (χ0v) is 76.4. The van der Waals surface area contributed by atoms with Gasteiger partial charge in [-0.05, 0) is 219 Å². The van der Waals surface area contributed by atoms with Crippen molar-refractivity contribution >= 4 is 53.7 Å². The molecule has 22 atom stereocenters. The van der Waals surface area contributed by atoms with E-state index in [-0.39, 0.29) is 96.5 Å². The van der Waals surface area contributed by atoms with Crippen molar-refractivity contribution in [3.8, 4) is 0 Å². The van der Waals surface area contributed by atoms with Crippen molar-refractivity contribution in [1.29, 1.82) is 0 Å². The summed E-state index contributed by atoms with van der Waals surface area (Å²) in [4.78, 5) is 135. The van der Waals surface area contributed by atoms with Crippen LogP contribution in [0, 0.1) is 50.2 Å². The van der Waals surface area contributed by atoms with Gasteiger partial charge < -0.3 is 71.1 Å². The van der Waals surface area contributed by atoms with E-state index < -0.39 is 164 Å². The van der Waals surface area contributed by atoms with Crippen molar-refractivity contribution in [3.05, 3.63) is 335 Å². The Kier molecular flexibility index (Phi) is 27.7. The van der Waals surface area contributed by atoms with Gasteiger partial charge in [-0.3, -0.25) is 4.79 Å². The Labute approximate surface area is 780 Å². The zero-order valence-electron chi connectivity index (χ0n) is 76.4. The van der Waals surface area contributed by atoms with Crippen molar-refractivity contribution in [3.63, 3.8) is 0 Å². The molecule has 0 aromatic heterocycles. The van der Waals surface area contributed by atoms with Crippen LogP contribution in [0.5, 0.6) is 0 Å². The molecule has 17 rings (SSSR count). The molecule has 9 aromatic carbocycles. The highest BCUT2D eigenvalue weighted by Crippen LogP contribution is 2.76. The van der Waals surface area contributed by atoms with Crippen LogP contribution in [0.25, 0.3) is 0 Å². The summed E-state index contributed by atoms with van der Waals surface area (Å²) >= 11 is 0. The van der Waals surface area contributed by atoms with Gasteiger partial charge in [0.2, 0.25) is 0 Å². The topological polar surface area (TPSA) is 292 Å². The molecule has 3 aliphatic heterocycles. The molecule has 3 heterocycles. The third-order valence-electron chi connectivity index (χ3n) is 30.0. The third kappa shape index (κ3) is 19.3. The Bertz CT molecular complexity index is 5670. The van der Waals surface area contributed by atoms with Crippen LogP contribution in [0.3, 0.4) is 0 Å². The molecule has 3 saturated heterocycles. The van der Waals surface area contributed by atoms with Crippen LogP contribution in [-0.4, -0.2) is 159 Å². The van der Waals surface area contributed by atoms with Gasteiger partial charge in [0.05, 0.1) is 68.7 Å². The molecule has 0 spiro atoms. The second-order valence-corrected chi connectivity index (χ2v) is 38.8. The molecular formula is C110H114O24. The molecule has 5 aliphatic carbocycles. The lowest BCUT2D eigenvalue weighted by atomic mass is 9.33. The molecule has 0 bridgehead atoms. The lowest BCUT2D eigenvalue weighted by molar-refractivity contribution is -0.378. The van der Waals surface area contributed by atoms with Crippen LogP contribution in [0.1, 0.15) is 208 Å². The molecular weight excluding hydrogens is 1710 g/mol. The van der Waals surface area contributed by atoms with Crippen LogP contribution in [0.4, 0.5) is 0 Å². The van der Waals surface area contributed by atoms with Crippen LogP contribution in [0.2, 0.25) is 0 Å². The first kappa shape index (κ1) is 93.5. The first-order chi connectivity index (χ1) is 64.6. The molecule has 4 saturated carbocycles. The number of rotatable bonds is 26. The normalized spacial score (nSPS) is 31.0. The number of allylic oxidation sites excluding steroid dienone is 2. The highest BCUT2D eigenvalue weighted by Gasteiger charge is 2.71. The molecule has 0 radical (unpaired) electrons. The van der Waals surface area contributed by atoms with Crippen LogP contribution in [-0.2, 0) is 82.5 Å². The first-order valence-electron chi connectivity index (χ1n) is 46.5. The van der Waals surface area contributed by atoms with Crippen molar-refractivity contribution in [2.45, 2.75) is 218 Å². The Hall–Kier alpha value is -12.3. The minimum atomic E-state index is -2.06. The molecule has 698 valence electrons. The molecule has 0 N–H and O–H groups in total. The van der Waals surface area contributed by atoms with Crippen molar-refractivity contribution < 1.29 is 114 Å². The van der Waals surface area contributed by atoms with Gasteiger partial charge in [0.25, 0.3) is 0 Å². The van der Waals surface area contributed by atoms with Crippen molar-refractivity contribution in [2.24, 2.45) is 50.2 Å². The average Bonchev–Trinajstić information content (AvgIpc) is 0.673. The van der Waals surface area contributed by atoms with E-state index in [0.717, 1.165) is 50.5 Å². The molecule has 7 fully saturated rings. The SMILES string of the molecule is C[C@@H]1O[C@@H](O[C@H]2[C@H](O[C@H]3CC[C@]4(C)[C@H]5CC=C6[C@@H]7CC(C)(C)CC[C@]7(C(=O)OCc7ccccc7)CC[C@@]6(C)[C@]5(C)CC[C@H]4C3(C)C)OC[C@H](O[C@@H]3O[C@H](COC(=O)c4ccccc4)[C@@H](OC(=O)c4ccccc4)[C@H](OC(=O)c4ccccc4)[C@H]3OC(=O)c3ccccc3)[C@@H]2OC(=O)c2ccccc2)[C@H](OC(=O)c2ccccc2)[C@H](OC(=O)c2ccccc2)[C@H]1OC(=O)c1ccccc1. The maximum Gasteiger partial charge on any atom is 0.338 e. The average molecular weight is 1820 g/mol. The number of esters is 9. The van der Waals surface area contributed by atoms with Crippen LogP contribution < -0.4 is 0 Å². The summed E-state index contributed by atoms with van der Waals surface area (Å²) in [5.41, 5.74) is 0.531. The Morgan fingerprint density at radius 3 is 1.22 bits per heavy atom. The Balaban J connectivity index is 0.783. The van der Waals surface area contributed by atoms with Gasteiger partial charge in [0, 0.05) is 0 Å². The van der Waals surface area contributed by atoms with E-state index in [1.54, 1.807) is 165 Å². The predicted octanol–water partition coefficient (Wildman–Crippen LogP) is 18.9. The molecule has 24 nitrogen and oxygen atoms in total. The van der Waals surface area contributed by atoms with E-state index in [1.807, 2.05) is 30.3 Å². The molecule has 9 aromatic rings. The second-order valence-electron chi connectivity index (χ2n) is 38.8. The number of fused-ring (bicyclic) bond motifs is 7. The molecule has 134 heavy (non-hydrogen) atoms. The molecule has 0 unspecified atom stereocenters. The second kappa shape index (κ2) is 39.7. The third-order valence-corrected chi connectivity index (χ3v) is 30.0. The molecule has 24 heteroatoms. The summed E-state index contributed by atoms with van der Waals surface area (Å²) < 4.78 is 103. The lowest BCUT2D eigenvalue weighted by Gasteiger charge is -2.71. The number of carbonyl (C=O) groups is 9. The fourth-order valence-corrected chi connectivity index (χ4v) is 22.7. The van der Waals surface area contributed by atoms with Gasteiger partial charge in [-0.15, -0.1) is 0 Å². The van der Waals surface area contributed by atoms with E-state index in [4.69, 9.17) is 71.1 Å². The first-order valence-corrected chi connectivity index (χ1v) is 46.5. The summed E-state index contributed by atoms with van der Waals surface area (Å²) in [6.07, 6.45) is -15.8. The number of ether oxygens (including phenoxy) is 15. The van der Waals surface area contributed by atoms with Gasteiger partial charge in [0.1, 0.15) is 25.4 Å². The van der Waals surface area contributed by atoms with Gasteiger partial charge >= 0.3 is 53.7 Å². The highest BCUT2D eigenvalue weighted by atomic mass is 16.8. The van der Waals surface area contributed by atoms with E-state index in [9.17, 15) is 14.4 Å². The predicted molar refractivity (Wildman–Crippen MR) is 489 cm³/mol. The standard InChI is InChI=1S/C110H114O24/c1-68-85(127-94(112)71-40-22-11-23-41-71)88(130-97(115)74-46-28-14-29-47-74)91(132-99(117)76-50-32-16-33-51-76)102(123-68)134-90-87(129-96(114)73-44-26-13-27-45-73)81(125-103-92(133-100(118)77-52-34-17-35-53-77)89(131-98(116)75-48-30-15-31-49-75)86(128-95(113)72-42-24-12-25-43-72)80(124-103)66-120-93(111)70-38-20-10-21-39-70)67-121-101(90)126-84-57-58-107(6)82(106(84,4)5)56-59-109(8)83(107)55-54-78-79-64-105(2,3)60-62-110(79,63-61-108(78,109)7)104(119)122-65-69-36-18-9-19-37-69/h9-54,68,79-92,101-103H,55-67H2,1-8H3/t68-,79-,80+,81-,82-,83+,84-,85-,86+,87-,88+,89-,90+,91+,92+,101-,102-,103-,107-,108+,109+,110-/m0/s1. The minimum absolute atomic E-state index is 0.000593. The number of benzene rings is 9. The van der Waals surface area contributed by atoms with Crippen molar-refractivity contribution in [1.82, 2.24) is 0 Å². The van der Waals surface area contributed by atoms with Gasteiger partial charge in [0.15, 0.2) is 67.7 Å². The summed E-state index contributed by atoms with van der Waals surface area (Å²) in [6, 6.07) is 73.7. The summed E-state index contributed by atoms with van der Waals surface area (Å²) in [5, 5.41) is 0. The maximum absolute atomic E-state index is 15.8. The number of hydrogen-bond donors (Lipinski definition) is 0. The molecule has 8 aliphatic rings. The molecule has 0 amide bonds. The zero-order chi connectivity index (χ0) is 93.7. The van der Waals surface area contributed by atoms with E-state index >= 15 is 28.8 Å². The largest absolute Gasteiger partial charge is 0.460 e. The fourth-order valence-electron chi connectivity index (χ4n) is 22.7. The van der Waals surface area contributed by atoms with Crippen molar-refractivity contribution in [2.75, 3.05) is 13.2 Å². The van der Waals surface area contributed by atoms with Crippen LogP contribution >= 0.6 is 0 Å². The number of carbonyl (C=O) groups excluding carboxylic acids is 9. The monoisotopic (exact) mass is 1820 g/mol. The lowest BCUT2D eigenvalue weighted by Crippen LogP contribution is -2.67. The number of hydrogen-bond acceptors (Lipinski definition) is 24. The fraction of sp³-hybridized carbons (Fsp3) is 0.409. The Morgan fingerprint density at radius 1 is 0.358 bits per heavy atom. The summed E-state index contributed by atoms with van der Waals surface area (Å²) in [6.45, 7) is 17.0. The van der Waals surface area contributed by atoms with Gasteiger partial charge in [-0.1, -0.05) is 236 Å². The van der Waals surface area contributed by atoms with E-state index in [0.29, 0.717) is 19.3 Å². The van der Waals surface area contributed by atoms with Crippen LogP contribution in [0.15, 0.2) is 285 Å². The minimum Gasteiger partial charge on any atom is -0.460 e. The van der Waals surface area contributed by atoms with E-state index in [1.165, 1.54) is 90.5 Å². The van der Waals surface area contributed by atoms with Gasteiger partial charge in [-0.2, -0.15) is 0 Å². The highest BCUT2D eigenvalue weighted by molar-refractivity contribution is 5.94. The summed E-state index contributed by atoms with van der Waals surface area (Å²) in [7, 11) is 0. The maximum atomic E-state index is 15.8.